The molecule has 4 aromatic rings. The molecule has 0 radical (unpaired) electrons. The number of nitrogens with zero attached hydrogens (tertiary/aromatic N) is 2. The standard InChI is InChI=1S/C26H23N3O3/c1-29(2)26(31)18-13-14-24(32-3)23(15-18)28-25(30)20-16-22(17-9-5-4-6-10-17)27-21-12-8-7-11-19(20)21/h4-16H,1-3H3,(H,28,30). The van der Waals surface area contributed by atoms with E-state index in [1.54, 1.807) is 38.4 Å². The average Bonchev–Trinajstić information content (AvgIpc) is 2.83. The van der Waals surface area contributed by atoms with Crippen LogP contribution in [0.5, 0.6) is 5.75 Å². The van der Waals surface area contributed by atoms with Crippen molar-refractivity contribution < 1.29 is 14.3 Å². The van der Waals surface area contributed by atoms with Gasteiger partial charge in [-0.2, -0.15) is 0 Å². The van der Waals surface area contributed by atoms with Gasteiger partial charge >= 0.3 is 0 Å². The van der Waals surface area contributed by atoms with Gasteiger partial charge in [-0.1, -0.05) is 48.5 Å². The zero-order valence-electron chi connectivity index (χ0n) is 18.1. The Kier molecular flexibility index (Phi) is 5.85. The minimum absolute atomic E-state index is 0.163. The maximum absolute atomic E-state index is 13.4. The number of amides is 2. The average molecular weight is 425 g/mol. The molecule has 0 saturated heterocycles. The van der Waals surface area contributed by atoms with Crippen molar-refractivity contribution in [2.45, 2.75) is 0 Å². The summed E-state index contributed by atoms with van der Waals surface area (Å²) >= 11 is 0. The van der Waals surface area contributed by atoms with E-state index in [0.717, 1.165) is 16.5 Å². The second kappa shape index (κ2) is 8.89. The highest BCUT2D eigenvalue weighted by atomic mass is 16.5. The molecule has 2 amide bonds. The monoisotopic (exact) mass is 425 g/mol. The van der Waals surface area contributed by atoms with Crippen molar-refractivity contribution in [3.05, 3.63) is 90.0 Å². The summed E-state index contributed by atoms with van der Waals surface area (Å²) in [6.07, 6.45) is 0. The van der Waals surface area contributed by atoms with Crippen LogP contribution in [-0.4, -0.2) is 42.9 Å². The van der Waals surface area contributed by atoms with Crippen LogP contribution in [0.2, 0.25) is 0 Å². The molecule has 0 bridgehead atoms. The summed E-state index contributed by atoms with van der Waals surface area (Å²) in [5.74, 6) is -0.00675. The number of hydrogen-bond donors (Lipinski definition) is 1. The van der Waals surface area contributed by atoms with Crippen LogP contribution in [0.15, 0.2) is 78.9 Å². The third-order valence-corrected chi connectivity index (χ3v) is 5.13. The highest BCUT2D eigenvalue weighted by Gasteiger charge is 2.18. The number of methoxy groups -OCH3 is 1. The number of nitrogens with one attached hydrogen (secondary N) is 1. The zero-order chi connectivity index (χ0) is 22.7. The van der Waals surface area contributed by atoms with Gasteiger partial charge in [-0.3, -0.25) is 9.59 Å². The number of fused-ring (bicyclic) bond motifs is 1. The molecule has 0 spiro atoms. The van der Waals surface area contributed by atoms with Crippen molar-refractivity contribution in [1.29, 1.82) is 0 Å². The molecule has 1 aromatic heterocycles. The molecule has 4 rings (SSSR count). The van der Waals surface area contributed by atoms with Gasteiger partial charge in [-0.15, -0.1) is 0 Å². The van der Waals surface area contributed by atoms with Crippen LogP contribution < -0.4 is 10.1 Å². The summed E-state index contributed by atoms with van der Waals surface area (Å²) in [6, 6.07) is 24.0. The molecule has 1 heterocycles. The maximum Gasteiger partial charge on any atom is 0.256 e. The molecule has 160 valence electrons. The lowest BCUT2D eigenvalue weighted by atomic mass is 10.0. The van der Waals surface area contributed by atoms with E-state index in [0.29, 0.717) is 28.3 Å². The molecule has 3 aromatic carbocycles. The molecular formula is C26H23N3O3. The first-order valence-corrected chi connectivity index (χ1v) is 10.1. The van der Waals surface area contributed by atoms with Crippen molar-refractivity contribution in [3.8, 4) is 17.0 Å². The van der Waals surface area contributed by atoms with Crippen LogP contribution >= 0.6 is 0 Å². The van der Waals surface area contributed by atoms with Crippen molar-refractivity contribution in [1.82, 2.24) is 9.88 Å². The number of para-hydroxylation sites is 1. The Labute approximate surface area is 186 Å². The number of anilines is 1. The van der Waals surface area contributed by atoms with E-state index in [4.69, 9.17) is 9.72 Å². The molecule has 0 fully saturated rings. The fraction of sp³-hybridized carbons (Fsp3) is 0.115. The van der Waals surface area contributed by atoms with Gasteiger partial charge in [0.25, 0.3) is 11.8 Å². The Hall–Kier alpha value is -4.19. The molecule has 32 heavy (non-hydrogen) atoms. The molecule has 0 aliphatic rings. The largest absolute Gasteiger partial charge is 0.495 e. The Balaban J connectivity index is 1.78. The van der Waals surface area contributed by atoms with Crippen LogP contribution in [0.4, 0.5) is 5.69 Å². The minimum atomic E-state index is -0.312. The van der Waals surface area contributed by atoms with Gasteiger partial charge in [0.05, 0.1) is 29.6 Å². The third kappa shape index (κ3) is 4.16. The van der Waals surface area contributed by atoms with Gasteiger partial charge in [0.15, 0.2) is 0 Å². The van der Waals surface area contributed by atoms with E-state index in [-0.39, 0.29) is 11.8 Å². The predicted molar refractivity (Wildman–Crippen MR) is 126 cm³/mol. The minimum Gasteiger partial charge on any atom is -0.495 e. The number of hydrogen-bond acceptors (Lipinski definition) is 4. The number of carbonyl (C=O) groups is 2. The van der Waals surface area contributed by atoms with Crippen LogP contribution in [0.25, 0.3) is 22.2 Å². The van der Waals surface area contributed by atoms with Gasteiger partial charge in [-0.05, 0) is 30.3 Å². The van der Waals surface area contributed by atoms with Crippen LogP contribution in [-0.2, 0) is 0 Å². The van der Waals surface area contributed by atoms with Crippen molar-refractivity contribution >= 4 is 28.4 Å². The maximum atomic E-state index is 13.4. The van der Waals surface area contributed by atoms with E-state index < -0.39 is 0 Å². The number of aromatic nitrogens is 1. The first-order chi connectivity index (χ1) is 15.5. The number of rotatable bonds is 5. The number of ether oxygens (including phenoxy) is 1. The van der Waals surface area contributed by atoms with Crippen molar-refractivity contribution in [3.63, 3.8) is 0 Å². The fourth-order valence-corrected chi connectivity index (χ4v) is 3.51. The summed E-state index contributed by atoms with van der Waals surface area (Å²) in [4.78, 5) is 32.0. The molecule has 6 nitrogen and oxygen atoms in total. The van der Waals surface area contributed by atoms with Crippen molar-refractivity contribution in [2.24, 2.45) is 0 Å². The Morgan fingerprint density at radius 2 is 1.62 bits per heavy atom. The summed E-state index contributed by atoms with van der Waals surface area (Å²) in [7, 11) is 4.88. The quantitative estimate of drug-likeness (QED) is 0.495. The molecule has 0 aliphatic heterocycles. The Morgan fingerprint density at radius 1 is 0.906 bits per heavy atom. The molecule has 0 aliphatic carbocycles. The lowest BCUT2D eigenvalue weighted by molar-refractivity contribution is 0.0827. The van der Waals surface area contributed by atoms with E-state index >= 15 is 0 Å². The van der Waals surface area contributed by atoms with Gasteiger partial charge in [0.1, 0.15) is 5.75 Å². The van der Waals surface area contributed by atoms with Gasteiger partial charge in [0, 0.05) is 30.6 Å². The summed E-state index contributed by atoms with van der Waals surface area (Å²) in [5, 5.41) is 3.66. The molecule has 0 atom stereocenters. The van der Waals surface area contributed by atoms with Gasteiger partial charge < -0.3 is 15.0 Å². The van der Waals surface area contributed by atoms with Crippen LogP contribution in [0.1, 0.15) is 20.7 Å². The smallest absolute Gasteiger partial charge is 0.256 e. The van der Waals surface area contributed by atoms with E-state index in [1.807, 2.05) is 54.6 Å². The molecule has 0 saturated carbocycles. The van der Waals surface area contributed by atoms with Gasteiger partial charge in [0.2, 0.25) is 0 Å². The molecule has 1 N–H and O–H groups in total. The lowest BCUT2D eigenvalue weighted by Crippen LogP contribution is -2.22. The summed E-state index contributed by atoms with van der Waals surface area (Å²) in [5.41, 5.74) is 3.72. The highest BCUT2D eigenvalue weighted by Crippen LogP contribution is 2.29. The van der Waals surface area contributed by atoms with Gasteiger partial charge in [-0.25, -0.2) is 4.98 Å². The topological polar surface area (TPSA) is 71.5 Å². The van der Waals surface area contributed by atoms with Crippen LogP contribution in [0.3, 0.4) is 0 Å². The second-order valence-electron chi connectivity index (χ2n) is 7.51. The Bertz CT molecular complexity index is 1300. The van der Waals surface area contributed by atoms with Crippen LogP contribution in [0, 0.1) is 0 Å². The lowest BCUT2D eigenvalue weighted by Gasteiger charge is -2.15. The Morgan fingerprint density at radius 3 is 2.34 bits per heavy atom. The first-order valence-electron chi connectivity index (χ1n) is 10.1. The molecule has 0 unspecified atom stereocenters. The molecular weight excluding hydrogens is 402 g/mol. The third-order valence-electron chi connectivity index (χ3n) is 5.13. The fourth-order valence-electron chi connectivity index (χ4n) is 3.51. The predicted octanol–water partition coefficient (Wildman–Crippen LogP) is 4.86. The van der Waals surface area contributed by atoms with E-state index in [2.05, 4.69) is 5.32 Å². The van der Waals surface area contributed by atoms with E-state index in [1.165, 1.54) is 12.0 Å². The highest BCUT2D eigenvalue weighted by molar-refractivity contribution is 6.13. The summed E-state index contributed by atoms with van der Waals surface area (Å²) < 4.78 is 5.41. The zero-order valence-corrected chi connectivity index (χ0v) is 18.1. The molecule has 6 heteroatoms. The van der Waals surface area contributed by atoms with Crippen molar-refractivity contribution in [2.75, 3.05) is 26.5 Å². The normalized spacial score (nSPS) is 10.6. The second-order valence-corrected chi connectivity index (χ2v) is 7.51. The first kappa shape index (κ1) is 21.1. The number of pyridine rings is 1. The summed E-state index contributed by atoms with van der Waals surface area (Å²) in [6.45, 7) is 0. The number of carbonyl (C=O) groups excluding carboxylic acids is 2. The van der Waals surface area contributed by atoms with E-state index in [9.17, 15) is 9.59 Å². The SMILES string of the molecule is COc1ccc(C(=O)N(C)C)cc1NC(=O)c1cc(-c2ccccc2)nc2ccccc12. The number of benzene rings is 3.